The van der Waals surface area contributed by atoms with Gasteiger partial charge in [0.25, 0.3) is 0 Å². The van der Waals surface area contributed by atoms with Gasteiger partial charge in [-0.3, -0.25) is 4.79 Å². The highest BCUT2D eigenvalue weighted by molar-refractivity contribution is 5.87. The van der Waals surface area contributed by atoms with Gasteiger partial charge in [-0.2, -0.15) is 0 Å². The number of amides is 2. The topological polar surface area (TPSA) is 58.2 Å². The van der Waals surface area contributed by atoms with Crippen LogP contribution in [0.15, 0.2) is 0 Å². The third-order valence-corrected chi connectivity index (χ3v) is 3.33. The van der Waals surface area contributed by atoms with E-state index in [4.69, 9.17) is 0 Å². The summed E-state index contributed by atoms with van der Waals surface area (Å²) in [6, 6.07) is -0.298. The molecule has 17 heavy (non-hydrogen) atoms. The lowest BCUT2D eigenvalue weighted by molar-refractivity contribution is -0.119. The van der Waals surface area contributed by atoms with Crippen molar-refractivity contribution in [3.8, 4) is 0 Å². The van der Waals surface area contributed by atoms with Crippen LogP contribution in [0.25, 0.3) is 0 Å². The molecule has 2 N–H and O–H groups in total. The zero-order valence-corrected chi connectivity index (χ0v) is 11.1. The third kappa shape index (κ3) is 4.75. The first-order valence-corrected chi connectivity index (χ1v) is 6.58. The molecule has 0 aromatic rings. The summed E-state index contributed by atoms with van der Waals surface area (Å²) >= 11 is 0. The Bertz CT molecular complexity index is 271. The molecule has 0 radical (unpaired) electrons. The van der Waals surface area contributed by atoms with Crippen LogP contribution in [0.2, 0.25) is 0 Å². The van der Waals surface area contributed by atoms with E-state index in [-0.39, 0.29) is 29.8 Å². The highest BCUT2D eigenvalue weighted by Crippen LogP contribution is 2.17. The van der Waals surface area contributed by atoms with Gasteiger partial charge in [0.15, 0.2) is 5.78 Å². The first-order chi connectivity index (χ1) is 8.00. The van der Waals surface area contributed by atoms with E-state index < -0.39 is 0 Å². The zero-order valence-electron chi connectivity index (χ0n) is 11.1. The summed E-state index contributed by atoms with van der Waals surface area (Å²) in [6.07, 6.45) is 5.75. The van der Waals surface area contributed by atoms with Gasteiger partial charge in [-0.25, -0.2) is 4.79 Å². The van der Waals surface area contributed by atoms with E-state index in [2.05, 4.69) is 10.6 Å². The minimum atomic E-state index is -0.376. The van der Waals surface area contributed by atoms with Gasteiger partial charge in [0, 0.05) is 6.04 Å². The van der Waals surface area contributed by atoms with E-state index >= 15 is 0 Å². The Labute approximate surface area is 104 Å². The van der Waals surface area contributed by atoms with Crippen molar-refractivity contribution in [1.82, 2.24) is 10.6 Å². The first-order valence-electron chi connectivity index (χ1n) is 6.58. The van der Waals surface area contributed by atoms with E-state index in [1.165, 1.54) is 26.2 Å². The number of nitrogens with one attached hydrogen (secondary N) is 2. The fourth-order valence-electron chi connectivity index (χ4n) is 2.35. The predicted octanol–water partition coefficient (Wildman–Crippen LogP) is 2.23. The zero-order chi connectivity index (χ0) is 12.8. The summed E-state index contributed by atoms with van der Waals surface area (Å²) in [7, 11) is 0. The molecule has 2 amide bonds. The van der Waals surface area contributed by atoms with Gasteiger partial charge in [-0.15, -0.1) is 0 Å². The summed E-state index contributed by atoms with van der Waals surface area (Å²) in [6.45, 7) is 5.39. The maximum atomic E-state index is 11.8. The molecule has 4 nitrogen and oxygen atoms in total. The van der Waals surface area contributed by atoms with Crippen LogP contribution in [-0.4, -0.2) is 23.9 Å². The number of carbonyl (C=O) groups excluding carboxylic acids is 2. The van der Waals surface area contributed by atoms with Crippen molar-refractivity contribution >= 4 is 11.8 Å². The molecule has 0 spiro atoms. The second-order valence-corrected chi connectivity index (χ2v) is 5.29. The number of hydrogen-bond donors (Lipinski definition) is 2. The molecular formula is C13H24N2O2. The summed E-state index contributed by atoms with van der Waals surface area (Å²) in [5, 5.41) is 5.72. The molecule has 0 aromatic heterocycles. The van der Waals surface area contributed by atoms with Gasteiger partial charge in [0.2, 0.25) is 0 Å². The van der Waals surface area contributed by atoms with Gasteiger partial charge in [-0.1, -0.05) is 33.1 Å². The first kappa shape index (κ1) is 14.0. The predicted molar refractivity (Wildman–Crippen MR) is 67.8 cm³/mol. The van der Waals surface area contributed by atoms with E-state index in [1.807, 2.05) is 13.8 Å². The maximum absolute atomic E-state index is 11.8. The lowest BCUT2D eigenvalue weighted by atomic mass is 9.95. The SMILES string of the molecule is CC(=O)C(NC(=O)NC1CCCCC1)C(C)C. The van der Waals surface area contributed by atoms with Crippen LogP contribution in [0.4, 0.5) is 4.79 Å². The molecule has 1 unspecified atom stereocenters. The molecule has 1 rings (SSSR count). The third-order valence-electron chi connectivity index (χ3n) is 3.33. The highest BCUT2D eigenvalue weighted by Gasteiger charge is 2.22. The van der Waals surface area contributed by atoms with E-state index in [0.717, 1.165) is 12.8 Å². The molecule has 0 aromatic carbocycles. The Hall–Kier alpha value is -1.06. The van der Waals surface area contributed by atoms with Crippen LogP contribution >= 0.6 is 0 Å². The van der Waals surface area contributed by atoms with Gasteiger partial charge in [0.1, 0.15) is 0 Å². The second kappa shape index (κ2) is 6.62. The number of rotatable bonds is 4. The van der Waals surface area contributed by atoms with Crippen molar-refractivity contribution in [3.05, 3.63) is 0 Å². The number of ketones is 1. The Morgan fingerprint density at radius 2 is 1.71 bits per heavy atom. The Kier molecular flexibility index (Phi) is 5.45. The number of hydrogen-bond acceptors (Lipinski definition) is 2. The summed E-state index contributed by atoms with van der Waals surface area (Å²) in [5.41, 5.74) is 0. The van der Waals surface area contributed by atoms with Crippen LogP contribution in [0, 0.1) is 5.92 Å². The van der Waals surface area contributed by atoms with Crippen LogP contribution in [0.3, 0.4) is 0 Å². The molecule has 0 aliphatic heterocycles. The number of Topliss-reactive ketones (excluding diaryl/α,β-unsaturated/α-hetero) is 1. The van der Waals surface area contributed by atoms with Crippen molar-refractivity contribution < 1.29 is 9.59 Å². The fraction of sp³-hybridized carbons (Fsp3) is 0.846. The largest absolute Gasteiger partial charge is 0.335 e. The fourth-order valence-corrected chi connectivity index (χ4v) is 2.35. The van der Waals surface area contributed by atoms with Gasteiger partial charge in [0.05, 0.1) is 6.04 Å². The van der Waals surface area contributed by atoms with Gasteiger partial charge >= 0.3 is 6.03 Å². The summed E-state index contributed by atoms with van der Waals surface area (Å²) < 4.78 is 0. The molecule has 1 atom stereocenters. The Morgan fingerprint density at radius 3 is 2.18 bits per heavy atom. The molecule has 1 fully saturated rings. The van der Waals surface area contributed by atoms with E-state index in [9.17, 15) is 9.59 Å². The van der Waals surface area contributed by atoms with Crippen molar-refractivity contribution in [2.45, 2.75) is 65.0 Å². The molecule has 1 saturated carbocycles. The van der Waals surface area contributed by atoms with Crippen molar-refractivity contribution in [2.24, 2.45) is 5.92 Å². The maximum Gasteiger partial charge on any atom is 0.315 e. The average Bonchev–Trinajstić information content (AvgIpc) is 2.26. The number of urea groups is 1. The molecule has 98 valence electrons. The minimum absolute atomic E-state index is 0.0128. The van der Waals surface area contributed by atoms with Crippen molar-refractivity contribution in [1.29, 1.82) is 0 Å². The Morgan fingerprint density at radius 1 is 1.12 bits per heavy atom. The van der Waals surface area contributed by atoms with Gasteiger partial charge < -0.3 is 10.6 Å². The molecule has 1 aliphatic carbocycles. The van der Waals surface area contributed by atoms with Crippen LogP contribution in [-0.2, 0) is 4.79 Å². The average molecular weight is 240 g/mol. The molecule has 0 saturated heterocycles. The Balaban J connectivity index is 2.38. The summed E-state index contributed by atoms with van der Waals surface area (Å²) in [4.78, 5) is 23.1. The van der Waals surface area contributed by atoms with Gasteiger partial charge in [-0.05, 0) is 25.7 Å². The molecule has 1 aliphatic rings. The van der Waals surface area contributed by atoms with Crippen LogP contribution in [0.1, 0.15) is 52.9 Å². The van der Waals surface area contributed by atoms with Crippen molar-refractivity contribution in [3.63, 3.8) is 0 Å². The molecule has 0 bridgehead atoms. The summed E-state index contributed by atoms with van der Waals surface area (Å²) in [5.74, 6) is 0.142. The molecule has 4 heteroatoms. The quantitative estimate of drug-likeness (QED) is 0.791. The lowest BCUT2D eigenvalue weighted by Gasteiger charge is -2.25. The second-order valence-electron chi connectivity index (χ2n) is 5.29. The van der Waals surface area contributed by atoms with E-state index in [0.29, 0.717) is 0 Å². The minimum Gasteiger partial charge on any atom is -0.335 e. The lowest BCUT2D eigenvalue weighted by Crippen LogP contribution is -2.50. The standard InChI is InChI=1S/C13H24N2O2/c1-9(2)12(10(3)16)15-13(17)14-11-7-5-4-6-8-11/h9,11-12H,4-8H2,1-3H3,(H2,14,15,17). The monoisotopic (exact) mass is 240 g/mol. The molecular weight excluding hydrogens is 216 g/mol. The van der Waals surface area contributed by atoms with Crippen LogP contribution in [0.5, 0.6) is 0 Å². The molecule has 0 heterocycles. The van der Waals surface area contributed by atoms with E-state index in [1.54, 1.807) is 0 Å². The van der Waals surface area contributed by atoms with Crippen molar-refractivity contribution in [2.75, 3.05) is 0 Å². The smallest absolute Gasteiger partial charge is 0.315 e. The highest BCUT2D eigenvalue weighted by atomic mass is 16.2. The van der Waals surface area contributed by atoms with Crippen LogP contribution < -0.4 is 10.6 Å². The normalized spacial score (nSPS) is 18.8. The number of carbonyl (C=O) groups is 2.